The van der Waals surface area contributed by atoms with E-state index in [0.717, 1.165) is 12.2 Å². The molecule has 2 aromatic carbocycles. The number of carbonyl (C=O) groups is 1. The van der Waals surface area contributed by atoms with Crippen molar-refractivity contribution in [3.8, 4) is 5.75 Å². The van der Waals surface area contributed by atoms with Crippen molar-refractivity contribution in [2.24, 2.45) is 0 Å². The van der Waals surface area contributed by atoms with Gasteiger partial charge in [0.2, 0.25) is 0 Å². The monoisotopic (exact) mass is 319 g/mol. The summed E-state index contributed by atoms with van der Waals surface area (Å²) in [5.74, 6) is 0.373. The Morgan fingerprint density at radius 1 is 0.958 bits per heavy atom. The molecule has 0 saturated carbocycles. The number of nitrogens with one attached hydrogen (secondary N) is 1. The number of rotatable bonds is 5. The lowest BCUT2D eigenvalue weighted by atomic mass is 10.2. The molecule has 0 saturated heterocycles. The summed E-state index contributed by atoms with van der Waals surface area (Å²) in [5.41, 5.74) is 2.49. The number of aromatic nitrogens is 1. The van der Waals surface area contributed by atoms with E-state index in [2.05, 4.69) is 22.0 Å². The highest BCUT2D eigenvalue weighted by Crippen LogP contribution is 2.18. The van der Waals surface area contributed by atoms with E-state index in [9.17, 15) is 4.79 Å². The van der Waals surface area contributed by atoms with E-state index in [1.54, 1.807) is 19.2 Å². The number of amides is 1. The summed E-state index contributed by atoms with van der Waals surface area (Å²) in [5, 5.41) is 2.89. The molecule has 0 radical (unpaired) electrons. The topological polar surface area (TPSA) is 42.2 Å². The Kier molecular flexibility index (Phi) is 4.87. The number of methoxy groups -OCH3 is 1. The van der Waals surface area contributed by atoms with E-state index >= 15 is 0 Å². The molecule has 0 atom stereocenters. The highest BCUT2D eigenvalue weighted by molar-refractivity contribution is 6.06. The number of nitrogens with zero attached hydrogens (tertiary/aromatic N) is 1. The van der Waals surface area contributed by atoms with Crippen LogP contribution in [0.1, 0.15) is 15.9 Å². The van der Waals surface area contributed by atoms with E-state index in [0.29, 0.717) is 11.3 Å². The van der Waals surface area contributed by atoms with Crippen molar-refractivity contribution in [2.45, 2.75) is 6.54 Å². The molecule has 1 N–H and O–H groups in total. The van der Waals surface area contributed by atoms with Gasteiger partial charge in [-0.15, -0.1) is 0 Å². The van der Waals surface area contributed by atoms with Crippen LogP contribution in [-0.4, -0.2) is 13.0 Å². The molecule has 0 aliphatic rings. The van der Waals surface area contributed by atoms with E-state index in [-0.39, 0.29) is 5.91 Å². The van der Waals surface area contributed by atoms with E-state index in [4.69, 9.17) is 4.74 Å². The predicted molar refractivity (Wildman–Crippen MR) is 93.1 cm³/mol. The van der Waals surface area contributed by atoms with E-state index < -0.39 is 0 Å². The third-order valence-corrected chi connectivity index (χ3v) is 3.71. The standard InChI is InChI=1S/C20H18N2O2/c1-24-19-10-6-5-9-18(19)20(23)21-17-11-13-22(14-12-17)15-16-7-3-2-4-8-16/h2-14H,15H2,1H3/p+1. The zero-order valence-electron chi connectivity index (χ0n) is 13.5. The van der Waals surface area contributed by atoms with Gasteiger partial charge in [-0.1, -0.05) is 42.5 Å². The molecular formula is C20H19N2O2+. The average molecular weight is 319 g/mol. The molecule has 1 amide bonds. The zero-order valence-corrected chi connectivity index (χ0v) is 13.5. The minimum Gasteiger partial charge on any atom is -0.496 e. The molecule has 3 aromatic rings. The van der Waals surface area contributed by atoms with Crippen molar-refractivity contribution in [1.29, 1.82) is 0 Å². The first-order valence-corrected chi connectivity index (χ1v) is 7.73. The Hall–Kier alpha value is -3.14. The van der Waals surface area contributed by atoms with Gasteiger partial charge in [-0.05, 0) is 12.1 Å². The molecule has 0 bridgehead atoms. The Balaban J connectivity index is 1.69. The maximum absolute atomic E-state index is 12.4. The van der Waals surface area contributed by atoms with Crippen LogP contribution in [0.4, 0.5) is 5.69 Å². The summed E-state index contributed by atoms with van der Waals surface area (Å²) in [6.07, 6.45) is 3.90. The lowest BCUT2D eigenvalue weighted by Crippen LogP contribution is -2.33. The van der Waals surface area contributed by atoms with Crippen LogP contribution in [0.3, 0.4) is 0 Å². The van der Waals surface area contributed by atoms with Crippen LogP contribution in [-0.2, 0) is 6.54 Å². The fourth-order valence-electron chi connectivity index (χ4n) is 2.47. The fraction of sp³-hybridized carbons (Fsp3) is 0.100. The summed E-state index contributed by atoms with van der Waals surface area (Å²) in [6.45, 7) is 0.793. The van der Waals surface area contributed by atoms with Gasteiger partial charge in [-0.2, -0.15) is 0 Å². The maximum Gasteiger partial charge on any atom is 0.259 e. The van der Waals surface area contributed by atoms with Crippen LogP contribution in [0, 0.1) is 0 Å². The lowest BCUT2D eigenvalue weighted by molar-refractivity contribution is -0.688. The summed E-state index contributed by atoms with van der Waals surface area (Å²) in [6, 6.07) is 21.2. The third kappa shape index (κ3) is 3.79. The van der Waals surface area contributed by atoms with E-state index in [1.807, 2.05) is 54.9 Å². The zero-order chi connectivity index (χ0) is 16.8. The predicted octanol–water partition coefficient (Wildman–Crippen LogP) is 3.28. The van der Waals surface area contributed by atoms with Gasteiger partial charge in [0.05, 0.1) is 18.4 Å². The Morgan fingerprint density at radius 3 is 2.33 bits per heavy atom. The van der Waals surface area contributed by atoms with E-state index in [1.165, 1.54) is 5.56 Å². The average Bonchev–Trinajstić information content (AvgIpc) is 2.64. The number of ether oxygens (including phenoxy) is 1. The molecule has 0 fully saturated rings. The van der Waals surface area contributed by atoms with Crippen molar-refractivity contribution in [3.05, 3.63) is 90.3 Å². The first-order chi connectivity index (χ1) is 11.8. The number of hydrogen-bond acceptors (Lipinski definition) is 2. The molecule has 4 nitrogen and oxygen atoms in total. The van der Waals surface area contributed by atoms with Gasteiger partial charge >= 0.3 is 0 Å². The van der Waals surface area contributed by atoms with Gasteiger partial charge in [-0.3, -0.25) is 4.79 Å². The number of hydrogen-bond donors (Lipinski definition) is 1. The molecule has 0 aliphatic heterocycles. The summed E-state index contributed by atoms with van der Waals surface area (Å²) in [7, 11) is 1.56. The molecule has 120 valence electrons. The lowest BCUT2D eigenvalue weighted by Gasteiger charge is -2.08. The minimum atomic E-state index is -0.187. The van der Waals surface area contributed by atoms with Crippen LogP contribution in [0.15, 0.2) is 79.1 Å². The molecule has 1 heterocycles. The first-order valence-electron chi connectivity index (χ1n) is 7.73. The number of carbonyl (C=O) groups excluding carboxylic acids is 1. The molecule has 0 unspecified atom stereocenters. The fourth-order valence-corrected chi connectivity index (χ4v) is 2.47. The smallest absolute Gasteiger partial charge is 0.259 e. The summed E-state index contributed by atoms with van der Waals surface area (Å²) < 4.78 is 7.29. The second-order valence-corrected chi connectivity index (χ2v) is 5.40. The summed E-state index contributed by atoms with van der Waals surface area (Å²) >= 11 is 0. The Morgan fingerprint density at radius 2 is 1.62 bits per heavy atom. The number of para-hydroxylation sites is 1. The maximum atomic E-state index is 12.4. The first kappa shape index (κ1) is 15.7. The van der Waals surface area contributed by atoms with Crippen molar-refractivity contribution in [3.63, 3.8) is 0 Å². The van der Waals surface area contributed by atoms with Crippen molar-refractivity contribution < 1.29 is 14.1 Å². The SMILES string of the molecule is COc1ccccc1C(=O)Nc1cc[n+](Cc2ccccc2)cc1. The van der Waals surface area contributed by atoms with Crippen LogP contribution < -0.4 is 14.6 Å². The molecule has 3 rings (SSSR count). The van der Waals surface area contributed by atoms with Gasteiger partial charge in [0, 0.05) is 17.7 Å². The largest absolute Gasteiger partial charge is 0.496 e. The molecule has 1 aromatic heterocycles. The van der Waals surface area contributed by atoms with Crippen LogP contribution in [0.25, 0.3) is 0 Å². The normalized spacial score (nSPS) is 10.2. The molecule has 0 aliphatic carbocycles. The third-order valence-electron chi connectivity index (χ3n) is 3.71. The van der Waals surface area contributed by atoms with Gasteiger partial charge in [-0.25, -0.2) is 4.57 Å². The van der Waals surface area contributed by atoms with Gasteiger partial charge in [0.1, 0.15) is 5.75 Å². The highest BCUT2D eigenvalue weighted by atomic mass is 16.5. The Bertz CT molecular complexity index is 815. The molecule has 0 spiro atoms. The molecule has 4 heteroatoms. The van der Waals surface area contributed by atoms with Gasteiger partial charge in [0.25, 0.3) is 5.91 Å². The van der Waals surface area contributed by atoms with Gasteiger partial charge < -0.3 is 10.1 Å². The summed E-state index contributed by atoms with van der Waals surface area (Å²) in [4.78, 5) is 12.4. The number of pyridine rings is 1. The second kappa shape index (κ2) is 7.42. The molecular weight excluding hydrogens is 300 g/mol. The highest BCUT2D eigenvalue weighted by Gasteiger charge is 2.12. The van der Waals surface area contributed by atoms with Crippen molar-refractivity contribution >= 4 is 11.6 Å². The second-order valence-electron chi connectivity index (χ2n) is 5.40. The van der Waals surface area contributed by atoms with Crippen molar-refractivity contribution in [2.75, 3.05) is 12.4 Å². The Labute approximate surface area is 141 Å². The van der Waals surface area contributed by atoms with Crippen LogP contribution in [0.5, 0.6) is 5.75 Å². The number of anilines is 1. The van der Waals surface area contributed by atoms with Crippen molar-refractivity contribution in [1.82, 2.24) is 0 Å². The minimum absolute atomic E-state index is 0.187. The van der Waals surface area contributed by atoms with Gasteiger partial charge in [0.15, 0.2) is 18.9 Å². The molecule has 24 heavy (non-hydrogen) atoms. The van der Waals surface area contributed by atoms with Crippen LogP contribution in [0.2, 0.25) is 0 Å². The van der Waals surface area contributed by atoms with Crippen LogP contribution >= 0.6 is 0 Å². The number of benzene rings is 2. The quantitative estimate of drug-likeness (QED) is 0.733.